The van der Waals surface area contributed by atoms with Gasteiger partial charge in [0.2, 0.25) is 5.91 Å². The van der Waals surface area contributed by atoms with Crippen LogP contribution in [0.15, 0.2) is 46.9 Å². The molecule has 5 nitrogen and oxygen atoms in total. The summed E-state index contributed by atoms with van der Waals surface area (Å²) in [5.74, 6) is -1.28. The van der Waals surface area contributed by atoms with Crippen molar-refractivity contribution in [3.05, 3.63) is 63.1 Å². The number of anilines is 1. The van der Waals surface area contributed by atoms with Crippen molar-refractivity contribution < 1.29 is 19.1 Å². The molecular weight excluding hydrogens is 422 g/mol. The Labute approximate surface area is 164 Å². The van der Waals surface area contributed by atoms with E-state index in [9.17, 15) is 14.4 Å². The van der Waals surface area contributed by atoms with Gasteiger partial charge >= 0.3 is 5.97 Å². The van der Waals surface area contributed by atoms with E-state index < -0.39 is 12.6 Å². The molecule has 0 aliphatic heterocycles. The number of ether oxygens (including phenoxy) is 1. The molecule has 0 atom stereocenters. The van der Waals surface area contributed by atoms with Gasteiger partial charge in [-0.15, -0.1) is 0 Å². The molecular formula is C19H17BrClNO4. The molecule has 0 aliphatic carbocycles. The predicted molar refractivity (Wildman–Crippen MR) is 104 cm³/mol. The molecule has 0 saturated heterocycles. The standard InChI is InChI=1S/C19H17BrClNO4/c1-11(2)18(24)22-14-6-3-12(4-7-14)17(23)10-26-19(25)15-9-13(20)5-8-16(15)21/h3-9,11H,10H2,1-2H3,(H,22,24). The second-order valence-corrected chi connectivity index (χ2v) is 7.17. The number of carbonyl (C=O) groups is 3. The third-order valence-electron chi connectivity index (χ3n) is 3.48. The van der Waals surface area contributed by atoms with Gasteiger partial charge < -0.3 is 10.1 Å². The van der Waals surface area contributed by atoms with E-state index in [2.05, 4.69) is 21.2 Å². The molecule has 1 N–H and O–H groups in total. The summed E-state index contributed by atoms with van der Waals surface area (Å²) in [6.45, 7) is 3.18. The minimum absolute atomic E-state index is 0.107. The number of rotatable bonds is 6. The summed E-state index contributed by atoms with van der Waals surface area (Å²) in [4.78, 5) is 35.9. The zero-order chi connectivity index (χ0) is 19.3. The molecule has 0 fully saturated rings. The average Bonchev–Trinajstić information content (AvgIpc) is 2.61. The maximum Gasteiger partial charge on any atom is 0.340 e. The van der Waals surface area contributed by atoms with Gasteiger partial charge in [-0.05, 0) is 42.5 Å². The summed E-state index contributed by atoms with van der Waals surface area (Å²) in [5.41, 5.74) is 1.15. The number of ketones is 1. The quantitative estimate of drug-likeness (QED) is 0.522. The van der Waals surface area contributed by atoms with Crippen LogP contribution in [0.5, 0.6) is 0 Å². The Kier molecular flexibility index (Phi) is 6.94. The maximum atomic E-state index is 12.2. The van der Waals surface area contributed by atoms with Crippen molar-refractivity contribution in [1.82, 2.24) is 0 Å². The van der Waals surface area contributed by atoms with Gasteiger partial charge in [-0.3, -0.25) is 9.59 Å². The van der Waals surface area contributed by atoms with E-state index in [-0.39, 0.29) is 28.2 Å². The van der Waals surface area contributed by atoms with Crippen LogP contribution in [-0.4, -0.2) is 24.3 Å². The van der Waals surface area contributed by atoms with Gasteiger partial charge in [-0.25, -0.2) is 4.79 Å². The molecule has 0 saturated carbocycles. The lowest BCUT2D eigenvalue weighted by Crippen LogP contribution is -2.18. The molecule has 0 aliphatic rings. The fourth-order valence-corrected chi connectivity index (χ4v) is 2.53. The van der Waals surface area contributed by atoms with Crippen molar-refractivity contribution in [1.29, 1.82) is 0 Å². The van der Waals surface area contributed by atoms with Gasteiger partial charge in [0.15, 0.2) is 12.4 Å². The van der Waals surface area contributed by atoms with Crippen LogP contribution >= 0.6 is 27.5 Å². The van der Waals surface area contributed by atoms with Crippen molar-refractivity contribution in [3.63, 3.8) is 0 Å². The zero-order valence-corrected chi connectivity index (χ0v) is 16.6. The Morgan fingerprint density at radius 3 is 2.38 bits per heavy atom. The lowest BCUT2D eigenvalue weighted by Gasteiger charge is -2.09. The third kappa shape index (κ3) is 5.41. The number of Topliss-reactive ketones (excluding diaryl/α,β-unsaturated/α-hetero) is 1. The minimum Gasteiger partial charge on any atom is -0.454 e. The van der Waals surface area contributed by atoms with Gasteiger partial charge in [-0.1, -0.05) is 41.4 Å². The molecule has 2 aromatic rings. The second kappa shape index (κ2) is 8.96. The third-order valence-corrected chi connectivity index (χ3v) is 4.30. The van der Waals surface area contributed by atoms with Crippen molar-refractivity contribution in [3.8, 4) is 0 Å². The molecule has 2 aromatic carbocycles. The first-order valence-corrected chi connectivity index (χ1v) is 9.01. The van der Waals surface area contributed by atoms with Crippen molar-refractivity contribution in [2.45, 2.75) is 13.8 Å². The Morgan fingerprint density at radius 1 is 1.12 bits per heavy atom. The summed E-state index contributed by atoms with van der Waals surface area (Å²) in [6, 6.07) is 11.2. The lowest BCUT2D eigenvalue weighted by molar-refractivity contribution is -0.118. The number of carbonyl (C=O) groups excluding carboxylic acids is 3. The summed E-state index contributed by atoms with van der Waals surface area (Å²) >= 11 is 9.21. The van der Waals surface area contributed by atoms with Crippen LogP contribution in [0.25, 0.3) is 0 Å². The molecule has 2 rings (SSSR count). The SMILES string of the molecule is CC(C)C(=O)Nc1ccc(C(=O)COC(=O)c2cc(Br)ccc2Cl)cc1. The molecule has 0 heterocycles. The molecule has 1 amide bonds. The first-order chi connectivity index (χ1) is 12.3. The fraction of sp³-hybridized carbons (Fsp3) is 0.211. The van der Waals surface area contributed by atoms with Crippen LogP contribution in [0.2, 0.25) is 5.02 Å². The summed E-state index contributed by atoms with van der Waals surface area (Å²) < 4.78 is 5.72. The molecule has 0 spiro atoms. The monoisotopic (exact) mass is 437 g/mol. The van der Waals surface area contributed by atoms with Crippen LogP contribution in [0.3, 0.4) is 0 Å². The van der Waals surface area contributed by atoms with E-state index in [1.54, 1.807) is 50.2 Å². The van der Waals surface area contributed by atoms with E-state index >= 15 is 0 Å². The zero-order valence-electron chi connectivity index (χ0n) is 14.2. The second-order valence-electron chi connectivity index (χ2n) is 5.84. The number of hydrogen-bond acceptors (Lipinski definition) is 4. The fourth-order valence-electron chi connectivity index (χ4n) is 1.97. The van der Waals surface area contributed by atoms with Gasteiger partial charge in [0.05, 0.1) is 10.6 Å². The number of amides is 1. The molecule has 0 unspecified atom stereocenters. The minimum atomic E-state index is -0.675. The van der Waals surface area contributed by atoms with Crippen molar-refractivity contribution in [2.24, 2.45) is 5.92 Å². The number of nitrogens with one attached hydrogen (secondary N) is 1. The van der Waals surface area contributed by atoms with E-state index in [4.69, 9.17) is 16.3 Å². The highest BCUT2D eigenvalue weighted by atomic mass is 79.9. The van der Waals surface area contributed by atoms with Crippen molar-refractivity contribution in [2.75, 3.05) is 11.9 Å². The Balaban J connectivity index is 1.96. The Bertz CT molecular complexity index is 834. The predicted octanol–water partition coefficient (Wildman–Crippen LogP) is 4.74. The number of halogens is 2. The van der Waals surface area contributed by atoms with Crippen LogP contribution in [0.1, 0.15) is 34.6 Å². The molecule has 136 valence electrons. The molecule has 0 radical (unpaired) electrons. The summed E-state index contributed by atoms with van der Waals surface area (Å²) in [6.07, 6.45) is 0. The van der Waals surface area contributed by atoms with Gasteiger partial charge in [-0.2, -0.15) is 0 Å². The van der Waals surface area contributed by atoms with E-state index in [1.165, 1.54) is 6.07 Å². The van der Waals surface area contributed by atoms with Crippen LogP contribution in [0.4, 0.5) is 5.69 Å². The first-order valence-electron chi connectivity index (χ1n) is 7.84. The van der Waals surface area contributed by atoms with Crippen LogP contribution in [0, 0.1) is 5.92 Å². The Hall–Kier alpha value is -2.18. The van der Waals surface area contributed by atoms with Crippen LogP contribution in [-0.2, 0) is 9.53 Å². The average molecular weight is 439 g/mol. The largest absolute Gasteiger partial charge is 0.454 e. The highest BCUT2D eigenvalue weighted by Crippen LogP contribution is 2.22. The van der Waals surface area contributed by atoms with E-state index in [0.717, 1.165) is 0 Å². The number of hydrogen-bond donors (Lipinski definition) is 1. The molecule has 0 bridgehead atoms. The van der Waals surface area contributed by atoms with Gasteiger partial charge in [0.25, 0.3) is 0 Å². The van der Waals surface area contributed by atoms with Crippen LogP contribution < -0.4 is 5.32 Å². The highest BCUT2D eigenvalue weighted by Gasteiger charge is 2.15. The summed E-state index contributed by atoms with van der Waals surface area (Å²) in [7, 11) is 0. The van der Waals surface area contributed by atoms with Gasteiger partial charge in [0.1, 0.15) is 0 Å². The first kappa shape index (κ1) is 20.1. The normalized spacial score (nSPS) is 10.5. The topological polar surface area (TPSA) is 72.5 Å². The molecule has 7 heteroatoms. The van der Waals surface area contributed by atoms with E-state index in [1.807, 2.05) is 0 Å². The van der Waals surface area contributed by atoms with Gasteiger partial charge in [0, 0.05) is 21.6 Å². The van der Waals surface area contributed by atoms with Crippen molar-refractivity contribution >= 4 is 50.9 Å². The molecule has 0 aromatic heterocycles. The highest BCUT2D eigenvalue weighted by molar-refractivity contribution is 9.10. The van der Waals surface area contributed by atoms with E-state index in [0.29, 0.717) is 15.7 Å². The number of esters is 1. The summed E-state index contributed by atoms with van der Waals surface area (Å²) in [5, 5.41) is 2.98. The Morgan fingerprint density at radius 2 is 1.77 bits per heavy atom. The number of benzene rings is 2. The molecule has 26 heavy (non-hydrogen) atoms. The maximum absolute atomic E-state index is 12.2. The lowest BCUT2D eigenvalue weighted by atomic mass is 10.1. The smallest absolute Gasteiger partial charge is 0.340 e.